The van der Waals surface area contributed by atoms with Gasteiger partial charge in [-0.15, -0.1) is 11.3 Å². The second-order valence-electron chi connectivity index (χ2n) is 4.42. The predicted molar refractivity (Wildman–Crippen MR) is 81.1 cm³/mol. The van der Waals surface area contributed by atoms with Crippen LogP contribution in [0, 0.1) is 6.92 Å². The van der Waals surface area contributed by atoms with Crippen LogP contribution < -0.4 is 10.9 Å². The van der Waals surface area contributed by atoms with E-state index in [0.29, 0.717) is 0 Å². The molecule has 0 radical (unpaired) electrons. The van der Waals surface area contributed by atoms with E-state index in [0.717, 1.165) is 41.5 Å². The lowest BCUT2D eigenvalue weighted by molar-refractivity contribution is 0.975. The summed E-state index contributed by atoms with van der Waals surface area (Å²) < 4.78 is 0. The smallest absolute Gasteiger partial charge is 0.248 e. The number of rotatable bonds is 5. The van der Waals surface area contributed by atoms with Crippen LogP contribution >= 0.6 is 11.3 Å². The van der Waals surface area contributed by atoms with Gasteiger partial charge in [-0.25, -0.2) is 4.98 Å². The summed E-state index contributed by atoms with van der Waals surface area (Å²) in [6, 6.07) is 3.43. The molecule has 0 atom stereocenters. The van der Waals surface area contributed by atoms with Gasteiger partial charge >= 0.3 is 0 Å². The molecule has 0 fully saturated rings. The number of anilines is 1. The molecule has 0 saturated heterocycles. The van der Waals surface area contributed by atoms with Crippen molar-refractivity contribution in [2.45, 2.75) is 33.6 Å². The Morgan fingerprint density at radius 1 is 1.37 bits per heavy atom. The molecule has 0 unspecified atom stereocenters. The summed E-state index contributed by atoms with van der Waals surface area (Å²) in [4.78, 5) is 20.1. The minimum atomic E-state index is -0.0576. The summed E-state index contributed by atoms with van der Waals surface area (Å²) in [6.07, 6.45) is 1.87. The molecule has 0 spiro atoms. The van der Waals surface area contributed by atoms with E-state index in [1.165, 1.54) is 4.88 Å². The number of thiazole rings is 1. The molecule has 0 aliphatic carbocycles. The standard InChI is InChI=1S/C14H19N3OS/c1-4-8-15-14-17-13(9(3)19-14)10-6-7-12(18)16-11(10)5-2/h6-7H,4-5,8H2,1-3H3,(H,15,17)(H,16,18). The molecule has 2 heterocycles. The maximum absolute atomic E-state index is 11.4. The molecule has 2 aromatic rings. The topological polar surface area (TPSA) is 57.8 Å². The zero-order valence-electron chi connectivity index (χ0n) is 11.5. The maximum atomic E-state index is 11.4. The van der Waals surface area contributed by atoms with Crippen molar-refractivity contribution in [1.82, 2.24) is 9.97 Å². The van der Waals surface area contributed by atoms with Crippen molar-refractivity contribution in [3.63, 3.8) is 0 Å². The second-order valence-corrected chi connectivity index (χ2v) is 5.62. The summed E-state index contributed by atoms with van der Waals surface area (Å²) in [6.45, 7) is 7.16. The van der Waals surface area contributed by atoms with E-state index in [-0.39, 0.29) is 5.56 Å². The quantitative estimate of drug-likeness (QED) is 0.882. The maximum Gasteiger partial charge on any atom is 0.248 e. The van der Waals surface area contributed by atoms with Crippen LogP contribution in [0.15, 0.2) is 16.9 Å². The van der Waals surface area contributed by atoms with E-state index in [1.807, 2.05) is 13.0 Å². The molecule has 0 aromatic carbocycles. The third-order valence-corrected chi connectivity index (χ3v) is 3.86. The van der Waals surface area contributed by atoms with Gasteiger partial charge in [-0.2, -0.15) is 0 Å². The van der Waals surface area contributed by atoms with Crippen molar-refractivity contribution in [3.05, 3.63) is 33.1 Å². The molecule has 0 amide bonds. The number of hydrogen-bond acceptors (Lipinski definition) is 4. The Morgan fingerprint density at radius 2 is 2.16 bits per heavy atom. The largest absolute Gasteiger partial charge is 0.362 e. The number of aromatic nitrogens is 2. The Labute approximate surface area is 116 Å². The number of hydrogen-bond donors (Lipinski definition) is 2. The number of nitrogens with zero attached hydrogens (tertiary/aromatic N) is 1. The Morgan fingerprint density at radius 3 is 2.84 bits per heavy atom. The Balaban J connectivity index is 2.41. The van der Waals surface area contributed by atoms with Crippen LogP contribution in [-0.4, -0.2) is 16.5 Å². The number of aryl methyl sites for hydroxylation is 2. The van der Waals surface area contributed by atoms with Crippen LogP contribution in [0.3, 0.4) is 0 Å². The molecule has 2 N–H and O–H groups in total. The Hall–Kier alpha value is -1.62. The first kappa shape index (κ1) is 13.8. The van der Waals surface area contributed by atoms with E-state index in [2.05, 4.69) is 29.1 Å². The van der Waals surface area contributed by atoms with Crippen LogP contribution in [0.5, 0.6) is 0 Å². The molecular formula is C14H19N3OS. The highest BCUT2D eigenvalue weighted by atomic mass is 32.1. The van der Waals surface area contributed by atoms with E-state index < -0.39 is 0 Å². The van der Waals surface area contributed by atoms with Crippen molar-refractivity contribution in [2.24, 2.45) is 0 Å². The molecule has 0 aliphatic rings. The molecule has 102 valence electrons. The number of pyridine rings is 1. The van der Waals surface area contributed by atoms with Crippen LogP contribution in [0.25, 0.3) is 11.3 Å². The highest BCUT2D eigenvalue weighted by Gasteiger charge is 2.13. The molecule has 0 bridgehead atoms. The molecule has 2 rings (SSSR count). The molecule has 2 aromatic heterocycles. The second kappa shape index (κ2) is 6.02. The van der Waals surface area contributed by atoms with E-state index >= 15 is 0 Å². The first-order valence-corrected chi connectivity index (χ1v) is 7.41. The minimum absolute atomic E-state index is 0.0576. The van der Waals surface area contributed by atoms with Crippen LogP contribution in [0.2, 0.25) is 0 Å². The average Bonchev–Trinajstić information content (AvgIpc) is 2.77. The van der Waals surface area contributed by atoms with Gasteiger partial charge in [-0.1, -0.05) is 13.8 Å². The van der Waals surface area contributed by atoms with Crippen molar-refractivity contribution in [2.75, 3.05) is 11.9 Å². The molecule has 19 heavy (non-hydrogen) atoms. The number of nitrogens with one attached hydrogen (secondary N) is 2. The van der Waals surface area contributed by atoms with Gasteiger partial charge in [0.25, 0.3) is 0 Å². The van der Waals surface area contributed by atoms with E-state index in [4.69, 9.17) is 0 Å². The lowest BCUT2D eigenvalue weighted by atomic mass is 10.1. The molecule has 5 heteroatoms. The van der Waals surface area contributed by atoms with Gasteiger partial charge in [0.15, 0.2) is 5.13 Å². The van der Waals surface area contributed by atoms with Gasteiger partial charge < -0.3 is 10.3 Å². The first-order chi connectivity index (χ1) is 9.15. The summed E-state index contributed by atoms with van der Waals surface area (Å²) >= 11 is 1.66. The summed E-state index contributed by atoms with van der Waals surface area (Å²) in [5.41, 5.74) is 2.89. The number of aromatic amines is 1. The Bertz CT molecular complexity index is 615. The number of H-pyrrole nitrogens is 1. The van der Waals surface area contributed by atoms with Crippen molar-refractivity contribution in [1.29, 1.82) is 0 Å². The van der Waals surface area contributed by atoms with Gasteiger partial charge in [0.2, 0.25) is 5.56 Å². The molecular weight excluding hydrogens is 258 g/mol. The summed E-state index contributed by atoms with van der Waals surface area (Å²) in [5.74, 6) is 0. The van der Waals surface area contributed by atoms with Crippen molar-refractivity contribution < 1.29 is 0 Å². The highest BCUT2D eigenvalue weighted by Crippen LogP contribution is 2.31. The van der Waals surface area contributed by atoms with Gasteiger partial charge in [-0.3, -0.25) is 4.79 Å². The van der Waals surface area contributed by atoms with Crippen molar-refractivity contribution in [3.8, 4) is 11.3 Å². The minimum Gasteiger partial charge on any atom is -0.362 e. The fraction of sp³-hybridized carbons (Fsp3) is 0.429. The molecule has 0 saturated carbocycles. The average molecular weight is 277 g/mol. The highest BCUT2D eigenvalue weighted by molar-refractivity contribution is 7.16. The van der Waals surface area contributed by atoms with Gasteiger partial charge in [-0.05, 0) is 25.8 Å². The van der Waals surface area contributed by atoms with Crippen molar-refractivity contribution >= 4 is 16.5 Å². The third-order valence-electron chi connectivity index (χ3n) is 2.93. The van der Waals surface area contributed by atoms with Crippen LogP contribution in [0.1, 0.15) is 30.8 Å². The first-order valence-electron chi connectivity index (χ1n) is 6.59. The lowest BCUT2D eigenvalue weighted by Gasteiger charge is -2.05. The Kier molecular flexibility index (Phi) is 4.37. The lowest BCUT2D eigenvalue weighted by Crippen LogP contribution is -2.08. The predicted octanol–water partition coefficient (Wildman–Crippen LogP) is 3.19. The summed E-state index contributed by atoms with van der Waals surface area (Å²) in [5, 5.41) is 4.26. The van der Waals surface area contributed by atoms with Crippen LogP contribution in [-0.2, 0) is 6.42 Å². The van der Waals surface area contributed by atoms with Gasteiger partial charge in [0.05, 0.1) is 5.69 Å². The summed E-state index contributed by atoms with van der Waals surface area (Å²) in [7, 11) is 0. The normalized spacial score (nSPS) is 10.7. The fourth-order valence-electron chi connectivity index (χ4n) is 1.97. The SMILES string of the molecule is CCCNc1nc(-c2ccc(=O)[nH]c2CC)c(C)s1. The fourth-order valence-corrected chi connectivity index (χ4v) is 2.83. The molecule has 4 nitrogen and oxygen atoms in total. The zero-order valence-corrected chi connectivity index (χ0v) is 12.4. The van der Waals surface area contributed by atoms with E-state index in [9.17, 15) is 4.79 Å². The van der Waals surface area contributed by atoms with Gasteiger partial charge in [0.1, 0.15) is 0 Å². The third kappa shape index (κ3) is 3.04. The molecule has 0 aliphatic heterocycles. The monoisotopic (exact) mass is 277 g/mol. The zero-order chi connectivity index (χ0) is 13.8. The van der Waals surface area contributed by atoms with E-state index in [1.54, 1.807) is 17.4 Å². The van der Waals surface area contributed by atoms with Gasteiger partial charge in [0, 0.05) is 28.7 Å². The van der Waals surface area contributed by atoms with Crippen LogP contribution in [0.4, 0.5) is 5.13 Å².